The maximum atomic E-state index is 13.0. The molecule has 4 aromatic rings. The number of fused-ring (bicyclic) bond motifs is 1. The molecule has 1 aromatic heterocycles. The Hall–Kier alpha value is -4.35. The molecule has 10 nitrogen and oxygen atoms in total. The second-order valence-corrected chi connectivity index (χ2v) is 12.4. The van der Waals surface area contributed by atoms with Crippen LogP contribution in [0.2, 0.25) is 10.0 Å². The molecule has 1 fully saturated rings. The molecule has 258 valence electrons. The summed E-state index contributed by atoms with van der Waals surface area (Å²) < 4.78 is 6.30. The molecule has 0 aliphatic carbocycles. The molecule has 0 spiro atoms. The van der Waals surface area contributed by atoms with E-state index in [2.05, 4.69) is 39.6 Å². The van der Waals surface area contributed by atoms with E-state index in [0.29, 0.717) is 27.6 Å². The van der Waals surface area contributed by atoms with Crippen molar-refractivity contribution in [2.75, 3.05) is 63.7 Å². The number of benzene rings is 3. The number of aromatic nitrogens is 1. The third-order valence-corrected chi connectivity index (χ3v) is 9.04. The zero-order valence-electron chi connectivity index (χ0n) is 27.8. The number of ether oxygens (including phenoxy) is 1. The predicted molar refractivity (Wildman–Crippen MR) is 200 cm³/mol. The average Bonchev–Trinajstić information content (AvgIpc) is 3.09. The van der Waals surface area contributed by atoms with Gasteiger partial charge in [-0.2, -0.15) is 0 Å². The fourth-order valence-electron chi connectivity index (χ4n) is 5.42. The molecule has 2 N–H and O–H groups in total. The lowest BCUT2D eigenvalue weighted by molar-refractivity contribution is -0.122. The Morgan fingerprint density at radius 2 is 1.73 bits per heavy atom. The molecule has 1 saturated heterocycles. The second-order valence-electron chi connectivity index (χ2n) is 11.6. The van der Waals surface area contributed by atoms with Crippen LogP contribution in [0.1, 0.15) is 27.2 Å². The number of amides is 3. The largest absolute Gasteiger partial charge is 0.487 e. The first-order chi connectivity index (χ1) is 23.0. The SMILES string of the molecule is CNC(=O)c1ccc(/C=C/C(=O)NCC(=O)N(C)c2ccc(Cl)c(COc3cccc4c(N5CCN(C)CC5)cc(C)nc34)c2Cl)cc1.Cl. The fraction of sp³-hybridized carbons (Fsp3) is 0.278. The molecule has 0 unspecified atom stereocenters. The molecule has 1 aliphatic rings. The Bertz CT molecular complexity index is 1860. The van der Waals surface area contributed by atoms with Crippen molar-refractivity contribution in [2.45, 2.75) is 13.5 Å². The van der Waals surface area contributed by atoms with Crippen molar-refractivity contribution >= 4 is 81.7 Å². The van der Waals surface area contributed by atoms with Gasteiger partial charge in [-0.25, -0.2) is 4.98 Å². The Kier molecular flexibility index (Phi) is 12.9. The summed E-state index contributed by atoms with van der Waals surface area (Å²) in [5.74, 6) is -0.420. The van der Waals surface area contributed by atoms with Gasteiger partial charge in [-0.3, -0.25) is 14.4 Å². The van der Waals surface area contributed by atoms with Crippen molar-refractivity contribution in [1.82, 2.24) is 20.5 Å². The first kappa shape index (κ1) is 37.5. The number of likely N-dealkylation sites (N-methyl/N-ethyl adjacent to an activating group) is 2. The number of anilines is 2. The number of piperazine rings is 1. The number of rotatable bonds is 10. The second kappa shape index (κ2) is 16.8. The van der Waals surface area contributed by atoms with E-state index in [1.54, 1.807) is 56.6 Å². The van der Waals surface area contributed by atoms with Crippen LogP contribution in [0.15, 0.2) is 66.7 Å². The summed E-state index contributed by atoms with van der Waals surface area (Å²) in [5.41, 5.74) is 4.97. The van der Waals surface area contributed by atoms with Crippen LogP contribution in [0, 0.1) is 6.92 Å². The number of carbonyl (C=O) groups excluding carboxylic acids is 3. The van der Waals surface area contributed by atoms with Crippen molar-refractivity contribution in [3.8, 4) is 5.75 Å². The minimum atomic E-state index is -0.446. The average molecular weight is 726 g/mol. The zero-order valence-corrected chi connectivity index (χ0v) is 30.1. The molecule has 3 amide bonds. The summed E-state index contributed by atoms with van der Waals surface area (Å²) in [4.78, 5) is 48.1. The van der Waals surface area contributed by atoms with Crippen LogP contribution < -0.4 is 25.2 Å². The number of nitrogens with zero attached hydrogens (tertiary/aromatic N) is 4. The standard InChI is InChI=1S/C36H38Cl2N6O4.ClH/c1-23-20-30(44-18-16-42(3)17-19-44)26-6-5-7-31(35(26)41-23)48-22-27-28(37)13-14-29(34(27)38)43(4)33(46)21-40-32(45)15-10-24-8-11-25(12-9-24)36(47)39-2;/h5-15,20H,16-19,21-22H2,1-4H3,(H,39,47)(H,40,45);1H/b15-10+;. The minimum Gasteiger partial charge on any atom is -0.487 e. The Balaban J connectivity index is 0.00000541. The van der Waals surface area contributed by atoms with Gasteiger partial charge in [-0.05, 0) is 62.0 Å². The highest BCUT2D eigenvalue weighted by Crippen LogP contribution is 2.37. The van der Waals surface area contributed by atoms with Gasteiger partial charge in [0.1, 0.15) is 17.9 Å². The normalized spacial score (nSPS) is 13.2. The van der Waals surface area contributed by atoms with Crippen molar-refractivity contribution in [1.29, 1.82) is 0 Å². The van der Waals surface area contributed by atoms with Crippen LogP contribution in [0.25, 0.3) is 17.0 Å². The molecular weight excluding hydrogens is 687 g/mol. The quantitative estimate of drug-likeness (QED) is 0.201. The maximum absolute atomic E-state index is 13.0. The van der Waals surface area contributed by atoms with Gasteiger partial charge in [0.25, 0.3) is 5.91 Å². The van der Waals surface area contributed by atoms with Crippen LogP contribution >= 0.6 is 35.6 Å². The summed E-state index contributed by atoms with van der Waals surface area (Å²) in [6, 6.07) is 18.1. The molecule has 2 heterocycles. The number of hydrogen-bond acceptors (Lipinski definition) is 7. The molecular formula is C36H39Cl3N6O4. The molecule has 0 atom stereocenters. The van der Waals surface area contributed by atoms with Gasteiger partial charge in [0.05, 0.1) is 17.3 Å². The predicted octanol–water partition coefficient (Wildman–Crippen LogP) is 5.75. The smallest absolute Gasteiger partial charge is 0.251 e. The van der Waals surface area contributed by atoms with Crippen molar-refractivity contribution in [3.05, 3.63) is 99.2 Å². The number of para-hydroxylation sites is 1. The molecule has 3 aromatic carbocycles. The van der Waals surface area contributed by atoms with Gasteiger partial charge in [0.2, 0.25) is 11.8 Å². The van der Waals surface area contributed by atoms with Crippen LogP contribution in [-0.4, -0.2) is 81.5 Å². The van der Waals surface area contributed by atoms with Gasteiger partial charge in [0.15, 0.2) is 0 Å². The summed E-state index contributed by atoms with van der Waals surface area (Å²) in [5, 5.41) is 6.83. The van der Waals surface area contributed by atoms with Gasteiger partial charge in [-0.1, -0.05) is 47.5 Å². The van der Waals surface area contributed by atoms with Crippen molar-refractivity contribution in [2.24, 2.45) is 0 Å². The lowest BCUT2D eigenvalue weighted by Gasteiger charge is -2.34. The monoisotopic (exact) mass is 724 g/mol. The number of pyridine rings is 1. The first-order valence-electron chi connectivity index (χ1n) is 15.5. The van der Waals surface area contributed by atoms with Crippen LogP contribution in [0.5, 0.6) is 5.75 Å². The fourth-order valence-corrected chi connectivity index (χ4v) is 6.02. The lowest BCUT2D eigenvalue weighted by Crippen LogP contribution is -2.44. The summed E-state index contributed by atoms with van der Waals surface area (Å²) in [6.45, 7) is 5.62. The lowest BCUT2D eigenvalue weighted by atomic mass is 10.1. The van der Waals surface area contributed by atoms with E-state index in [9.17, 15) is 14.4 Å². The van der Waals surface area contributed by atoms with E-state index in [0.717, 1.165) is 54.0 Å². The number of carbonyl (C=O) groups is 3. The van der Waals surface area contributed by atoms with Gasteiger partial charge in [-0.15, -0.1) is 12.4 Å². The molecule has 0 bridgehead atoms. The molecule has 1 aliphatic heterocycles. The van der Waals surface area contributed by atoms with E-state index in [4.69, 9.17) is 32.9 Å². The van der Waals surface area contributed by atoms with Crippen molar-refractivity contribution < 1.29 is 19.1 Å². The van der Waals surface area contributed by atoms with E-state index in [1.807, 2.05) is 19.1 Å². The zero-order chi connectivity index (χ0) is 34.4. The minimum absolute atomic E-state index is 0. The maximum Gasteiger partial charge on any atom is 0.251 e. The first-order valence-corrected chi connectivity index (χ1v) is 16.3. The number of nitrogens with one attached hydrogen (secondary N) is 2. The van der Waals surface area contributed by atoms with Crippen LogP contribution in [0.3, 0.4) is 0 Å². The van der Waals surface area contributed by atoms with E-state index < -0.39 is 5.91 Å². The van der Waals surface area contributed by atoms with Gasteiger partial charge < -0.3 is 30.1 Å². The van der Waals surface area contributed by atoms with Gasteiger partial charge in [0, 0.05) is 79.3 Å². The third kappa shape index (κ3) is 9.01. The highest BCUT2D eigenvalue weighted by atomic mass is 35.5. The molecule has 0 radical (unpaired) electrons. The third-order valence-electron chi connectivity index (χ3n) is 8.27. The molecule has 13 heteroatoms. The Morgan fingerprint density at radius 3 is 2.43 bits per heavy atom. The van der Waals surface area contributed by atoms with Crippen LogP contribution in [-0.2, 0) is 16.2 Å². The number of hydrogen-bond donors (Lipinski definition) is 2. The van der Waals surface area contributed by atoms with E-state index >= 15 is 0 Å². The van der Waals surface area contributed by atoms with Gasteiger partial charge >= 0.3 is 0 Å². The summed E-state index contributed by atoms with van der Waals surface area (Å²) in [6.07, 6.45) is 2.92. The number of aryl methyl sites for hydroxylation is 1. The topological polar surface area (TPSA) is 107 Å². The Labute approximate surface area is 302 Å². The highest BCUT2D eigenvalue weighted by molar-refractivity contribution is 6.38. The van der Waals surface area contributed by atoms with E-state index in [1.165, 1.54) is 11.0 Å². The summed E-state index contributed by atoms with van der Waals surface area (Å²) in [7, 11) is 5.27. The number of halogens is 3. The Morgan fingerprint density at radius 1 is 1.02 bits per heavy atom. The molecule has 5 rings (SSSR count). The summed E-state index contributed by atoms with van der Waals surface area (Å²) >= 11 is 13.4. The highest BCUT2D eigenvalue weighted by Gasteiger charge is 2.21. The van der Waals surface area contributed by atoms with Crippen LogP contribution in [0.4, 0.5) is 11.4 Å². The van der Waals surface area contributed by atoms with Crippen molar-refractivity contribution in [3.63, 3.8) is 0 Å². The molecule has 0 saturated carbocycles. The van der Waals surface area contributed by atoms with E-state index in [-0.39, 0.29) is 42.4 Å². The molecule has 49 heavy (non-hydrogen) atoms.